The van der Waals surface area contributed by atoms with E-state index in [2.05, 4.69) is 58.5 Å². The average molecular weight is 570 g/mol. The molecule has 3 aromatic heterocycles. The Kier molecular flexibility index (Phi) is 6.75. The maximum atomic E-state index is 13.1. The van der Waals surface area contributed by atoms with Crippen molar-refractivity contribution >= 4 is 35.6 Å². The molecule has 1 atom stereocenters. The number of pyridine rings is 1. The third-order valence-corrected chi connectivity index (χ3v) is 8.30. The molecule has 0 saturated heterocycles. The zero-order valence-corrected chi connectivity index (χ0v) is 22.9. The van der Waals surface area contributed by atoms with Gasteiger partial charge in [0, 0.05) is 60.1 Å². The number of aromatic nitrogens is 4. The summed E-state index contributed by atoms with van der Waals surface area (Å²) in [6.45, 7) is 3.22. The van der Waals surface area contributed by atoms with Gasteiger partial charge in [0.2, 0.25) is 0 Å². The molecule has 39 heavy (non-hydrogen) atoms. The van der Waals surface area contributed by atoms with Crippen molar-refractivity contribution < 1.29 is 13.2 Å². The van der Waals surface area contributed by atoms with E-state index in [1.165, 1.54) is 11.6 Å². The van der Waals surface area contributed by atoms with E-state index >= 15 is 0 Å². The number of hydrogen-bond donors (Lipinski definition) is 2. The molecule has 4 heterocycles. The number of nitrogens with zero attached hydrogens (tertiary/aromatic N) is 4. The van der Waals surface area contributed by atoms with Gasteiger partial charge in [0.25, 0.3) is 0 Å². The van der Waals surface area contributed by atoms with Crippen LogP contribution in [0.2, 0.25) is 0 Å². The summed E-state index contributed by atoms with van der Waals surface area (Å²) < 4.78 is 41.5. The summed E-state index contributed by atoms with van der Waals surface area (Å²) >= 11 is 11.3. The molecule has 1 aliphatic carbocycles. The monoisotopic (exact) mass is 569 g/mol. The first kappa shape index (κ1) is 26.1. The number of anilines is 1. The van der Waals surface area contributed by atoms with Gasteiger partial charge in [0.05, 0.1) is 28.0 Å². The Hall–Kier alpha value is -3.17. The molecule has 5 nitrogen and oxygen atoms in total. The van der Waals surface area contributed by atoms with Crippen LogP contribution in [-0.2, 0) is 31.3 Å². The fraction of sp³-hybridized carbons (Fsp3) is 0.310. The van der Waals surface area contributed by atoms with Crippen LogP contribution in [0.3, 0.4) is 0 Å². The molecule has 4 aromatic rings. The number of hydrogen-bond acceptors (Lipinski definition) is 4. The number of benzene rings is 1. The van der Waals surface area contributed by atoms with Crippen molar-refractivity contribution in [1.82, 2.24) is 19.7 Å². The third-order valence-electron chi connectivity index (χ3n) is 7.57. The van der Waals surface area contributed by atoms with Gasteiger partial charge in [-0.2, -0.15) is 30.9 Å². The summed E-state index contributed by atoms with van der Waals surface area (Å²) in [4.78, 5) is 9.50. The van der Waals surface area contributed by atoms with Crippen LogP contribution < -0.4 is 4.90 Å². The minimum Gasteiger partial charge on any atom is -0.363 e. The number of allylic oxidation sites excluding steroid dienone is 1. The smallest absolute Gasteiger partial charge is 0.363 e. The molecule has 202 valence electrons. The lowest BCUT2D eigenvalue weighted by atomic mass is 9.90. The van der Waals surface area contributed by atoms with E-state index in [0.29, 0.717) is 37.5 Å². The Bertz CT molecular complexity index is 1530. The van der Waals surface area contributed by atoms with Crippen LogP contribution in [0, 0.1) is 0 Å². The quantitative estimate of drug-likeness (QED) is 0.196. The van der Waals surface area contributed by atoms with E-state index in [1.807, 2.05) is 17.2 Å². The molecule has 0 radical (unpaired) electrons. The molecule has 6 rings (SSSR count). The minimum absolute atomic E-state index is 0.144. The molecular weight excluding hydrogens is 543 g/mol. The SMILES string of the molecule is CCc1cccc(CS)c1-n1nc2c(c1C1=CCC(Cl)c3[nH]ccc31)CN(c1ccc(C(F)(F)F)cn1)CC2. The third kappa shape index (κ3) is 4.55. The second-order valence-electron chi connectivity index (χ2n) is 9.82. The number of aryl methyl sites for hydroxylation is 1. The van der Waals surface area contributed by atoms with E-state index in [4.69, 9.17) is 16.7 Å². The Morgan fingerprint density at radius 1 is 1.15 bits per heavy atom. The van der Waals surface area contributed by atoms with Gasteiger partial charge >= 0.3 is 6.18 Å². The number of halogens is 4. The minimum atomic E-state index is -4.42. The predicted octanol–water partition coefficient (Wildman–Crippen LogP) is 7.28. The van der Waals surface area contributed by atoms with Crippen molar-refractivity contribution in [2.24, 2.45) is 0 Å². The van der Waals surface area contributed by atoms with Gasteiger partial charge in [-0.15, -0.1) is 11.6 Å². The van der Waals surface area contributed by atoms with Gasteiger partial charge in [0.1, 0.15) is 5.82 Å². The van der Waals surface area contributed by atoms with Crippen molar-refractivity contribution in [2.75, 3.05) is 11.4 Å². The molecular formula is C29H27ClF3N5S. The lowest BCUT2D eigenvalue weighted by Crippen LogP contribution is -2.31. The second-order valence-corrected chi connectivity index (χ2v) is 10.7. The Morgan fingerprint density at radius 3 is 2.69 bits per heavy atom. The largest absolute Gasteiger partial charge is 0.417 e. The fourth-order valence-corrected chi connectivity index (χ4v) is 6.15. The normalized spacial score (nSPS) is 17.1. The molecule has 0 fully saturated rings. The van der Waals surface area contributed by atoms with Gasteiger partial charge in [-0.3, -0.25) is 0 Å². The number of H-pyrrole nitrogens is 1. The van der Waals surface area contributed by atoms with E-state index in [0.717, 1.165) is 63.7 Å². The second kappa shape index (κ2) is 10.1. The molecule has 0 spiro atoms. The number of aromatic amines is 1. The molecule has 1 aliphatic heterocycles. The number of fused-ring (bicyclic) bond motifs is 2. The molecule has 1 aromatic carbocycles. The van der Waals surface area contributed by atoms with Crippen molar-refractivity contribution in [2.45, 2.75) is 50.0 Å². The van der Waals surface area contributed by atoms with Crippen LogP contribution in [0.5, 0.6) is 0 Å². The van der Waals surface area contributed by atoms with Crippen LogP contribution in [0.1, 0.15) is 63.6 Å². The maximum Gasteiger partial charge on any atom is 0.417 e. The van der Waals surface area contributed by atoms with Crippen LogP contribution in [0.15, 0.2) is 54.9 Å². The molecule has 10 heteroatoms. The van der Waals surface area contributed by atoms with Crippen LogP contribution in [-0.4, -0.2) is 26.3 Å². The number of alkyl halides is 4. The fourth-order valence-electron chi connectivity index (χ4n) is 5.63. The van der Waals surface area contributed by atoms with Crippen LogP contribution >= 0.6 is 24.2 Å². The highest BCUT2D eigenvalue weighted by atomic mass is 35.5. The Labute approximate surface area is 235 Å². The number of thiol groups is 1. The summed E-state index contributed by atoms with van der Waals surface area (Å²) in [6.07, 6.45) is 2.71. The number of para-hydroxylation sites is 1. The Morgan fingerprint density at radius 2 is 1.97 bits per heavy atom. The highest BCUT2D eigenvalue weighted by molar-refractivity contribution is 7.79. The molecule has 0 bridgehead atoms. The van der Waals surface area contributed by atoms with Gasteiger partial charge < -0.3 is 9.88 Å². The molecule has 1 N–H and O–H groups in total. The van der Waals surface area contributed by atoms with Crippen molar-refractivity contribution in [3.8, 4) is 5.69 Å². The highest BCUT2D eigenvalue weighted by Crippen LogP contribution is 2.43. The first-order chi connectivity index (χ1) is 18.8. The van der Waals surface area contributed by atoms with Gasteiger partial charge in [-0.1, -0.05) is 31.2 Å². The van der Waals surface area contributed by atoms with Gasteiger partial charge in [-0.25, -0.2) is 9.67 Å². The standard InChI is InChI=1S/C29H27ClF3N5S/c1-2-17-4-3-5-18(16-39)27(17)38-28(21-7-8-23(30)26-20(21)10-12-34-26)22-15-37(13-11-24(22)36-38)25-9-6-19(14-35-25)29(31,32)33/h3-7,9-10,12,14,23,34,39H,2,8,11,13,15-16H2,1H3. The zero-order valence-electron chi connectivity index (χ0n) is 21.3. The van der Waals surface area contributed by atoms with Crippen molar-refractivity contribution in [3.63, 3.8) is 0 Å². The van der Waals surface area contributed by atoms with E-state index < -0.39 is 11.7 Å². The number of rotatable bonds is 5. The summed E-state index contributed by atoms with van der Waals surface area (Å²) in [7, 11) is 0. The summed E-state index contributed by atoms with van der Waals surface area (Å²) in [5.74, 6) is 1.07. The first-order valence-electron chi connectivity index (χ1n) is 12.9. The van der Waals surface area contributed by atoms with E-state index in [9.17, 15) is 13.2 Å². The first-order valence-corrected chi connectivity index (χ1v) is 14.0. The average Bonchev–Trinajstić information content (AvgIpc) is 3.58. The topological polar surface area (TPSA) is 49.7 Å². The zero-order chi connectivity index (χ0) is 27.3. The lowest BCUT2D eigenvalue weighted by molar-refractivity contribution is -0.137. The van der Waals surface area contributed by atoms with Gasteiger partial charge in [0.15, 0.2) is 0 Å². The lowest BCUT2D eigenvalue weighted by Gasteiger charge is -2.29. The van der Waals surface area contributed by atoms with Gasteiger partial charge in [-0.05, 0) is 42.2 Å². The molecule has 1 unspecified atom stereocenters. The molecule has 0 saturated carbocycles. The summed E-state index contributed by atoms with van der Waals surface area (Å²) in [6, 6.07) is 10.8. The number of nitrogens with one attached hydrogen (secondary N) is 1. The van der Waals surface area contributed by atoms with Crippen LogP contribution in [0.4, 0.5) is 19.0 Å². The molecule has 2 aliphatic rings. The van der Waals surface area contributed by atoms with E-state index in [1.54, 1.807) is 0 Å². The summed E-state index contributed by atoms with van der Waals surface area (Å²) in [5, 5.41) is 5.02. The van der Waals surface area contributed by atoms with Crippen molar-refractivity contribution in [3.05, 3.63) is 99.8 Å². The maximum absolute atomic E-state index is 13.1. The van der Waals surface area contributed by atoms with E-state index in [-0.39, 0.29) is 5.38 Å². The highest BCUT2D eigenvalue weighted by Gasteiger charge is 2.34. The Balaban J connectivity index is 1.51. The van der Waals surface area contributed by atoms with Crippen LogP contribution in [0.25, 0.3) is 11.3 Å². The van der Waals surface area contributed by atoms with Crippen molar-refractivity contribution in [1.29, 1.82) is 0 Å². The summed E-state index contributed by atoms with van der Waals surface area (Å²) in [5.41, 5.74) is 8.61. The predicted molar refractivity (Wildman–Crippen MR) is 151 cm³/mol. The molecule has 0 amide bonds.